The lowest BCUT2D eigenvalue weighted by atomic mass is 9.98. The molecule has 2 aromatic carbocycles. The number of carbonyl (C=O) groups is 1. The fourth-order valence-electron chi connectivity index (χ4n) is 2.55. The molecule has 0 saturated carbocycles. The molecule has 0 aliphatic heterocycles. The quantitative estimate of drug-likeness (QED) is 0.647. The van der Waals surface area contributed by atoms with Crippen molar-refractivity contribution in [2.24, 2.45) is 0 Å². The van der Waals surface area contributed by atoms with Gasteiger partial charge in [0.25, 0.3) is 0 Å². The van der Waals surface area contributed by atoms with Crippen LogP contribution in [0.1, 0.15) is 27.6 Å². The van der Waals surface area contributed by atoms with Crippen LogP contribution < -0.4 is 0 Å². The summed E-state index contributed by atoms with van der Waals surface area (Å²) in [4.78, 5) is 12.3. The number of fused-ring (bicyclic) bond motifs is 3. The Labute approximate surface area is 122 Å². The molecule has 2 unspecified atom stereocenters. The molecular weight excluding hydrogens is 272 g/mol. The van der Waals surface area contributed by atoms with Crippen LogP contribution in [-0.2, 0) is 0 Å². The van der Waals surface area contributed by atoms with Gasteiger partial charge >= 0.3 is 0 Å². The van der Waals surface area contributed by atoms with Gasteiger partial charge in [-0.3, -0.25) is 4.79 Å². The number of ketones is 1. The van der Waals surface area contributed by atoms with E-state index in [0.717, 1.165) is 11.1 Å². The minimum Gasteiger partial charge on any atom is -0.389 e. The molecule has 0 spiro atoms. The molecule has 2 aromatic rings. The van der Waals surface area contributed by atoms with E-state index >= 15 is 0 Å². The summed E-state index contributed by atoms with van der Waals surface area (Å²) in [7, 11) is 0. The highest BCUT2D eigenvalue weighted by atomic mass is 32.1. The third kappa shape index (κ3) is 1.97. The Bertz CT molecular complexity index is 681. The van der Waals surface area contributed by atoms with Gasteiger partial charge in [0.2, 0.25) is 0 Å². The zero-order valence-corrected chi connectivity index (χ0v) is 11.5. The minimum atomic E-state index is -1.03. The fraction of sp³-hybridized carbons (Fsp3) is 0.188. The molecule has 0 saturated heterocycles. The molecule has 0 aromatic heterocycles. The molecule has 2 atom stereocenters. The Kier molecular flexibility index (Phi) is 3.38. The van der Waals surface area contributed by atoms with E-state index in [4.69, 9.17) is 0 Å². The maximum atomic E-state index is 12.3. The number of thiol groups is 1. The first-order chi connectivity index (χ1) is 9.63. The lowest BCUT2D eigenvalue weighted by Crippen LogP contribution is -2.20. The van der Waals surface area contributed by atoms with Crippen molar-refractivity contribution >= 4 is 18.4 Å². The molecule has 102 valence electrons. The maximum absolute atomic E-state index is 12.3. The van der Waals surface area contributed by atoms with Gasteiger partial charge < -0.3 is 10.2 Å². The van der Waals surface area contributed by atoms with Gasteiger partial charge in [0, 0.05) is 16.9 Å². The van der Waals surface area contributed by atoms with E-state index in [0.29, 0.717) is 16.7 Å². The summed E-state index contributed by atoms with van der Waals surface area (Å²) < 4.78 is 0. The van der Waals surface area contributed by atoms with Gasteiger partial charge in [-0.15, -0.1) is 0 Å². The smallest absolute Gasteiger partial charge is 0.194 e. The Balaban J connectivity index is 2.07. The number of benzene rings is 2. The first-order valence-electron chi connectivity index (χ1n) is 6.38. The van der Waals surface area contributed by atoms with Crippen molar-refractivity contribution in [1.82, 2.24) is 0 Å². The summed E-state index contributed by atoms with van der Waals surface area (Å²) in [5.41, 5.74) is 3.59. The van der Waals surface area contributed by atoms with Crippen molar-refractivity contribution in [2.75, 3.05) is 5.75 Å². The van der Waals surface area contributed by atoms with Gasteiger partial charge in [0.15, 0.2) is 5.78 Å². The molecule has 0 amide bonds. The van der Waals surface area contributed by atoms with Crippen LogP contribution in [-0.4, -0.2) is 27.9 Å². The summed E-state index contributed by atoms with van der Waals surface area (Å²) in [5.74, 6) is 0.122. The van der Waals surface area contributed by atoms with Crippen molar-refractivity contribution in [3.8, 4) is 11.1 Å². The summed E-state index contributed by atoms with van der Waals surface area (Å²) in [6.07, 6.45) is -1.98. The Morgan fingerprint density at radius 2 is 1.60 bits per heavy atom. The van der Waals surface area contributed by atoms with Gasteiger partial charge in [0.05, 0.1) is 6.10 Å². The van der Waals surface area contributed by atoms with Crippen LogP contribution in [0.25, 0.3) is 11.1 Å². The predicted molar refractivity (Wildman–Crippen MR) is 80.1 cm³/mol. The molecule has 1 aliphatic rings. The molecular formula is C16H14O3S. The number of hydrogen-bond acceptors (Lipinski definition) is 4. The number of hydrogen-bond donors (Lipinski definition) is 3. The van der Waals surface area contributed by atoms with Gasteiger partial charge in [-0.25, -0.2) is 0 Å². The van der Waals surface area contributed by atoms with Crippen LogP contribution in [0.15, 0.2) is 42.5 Å². The van der Waals surface area contributed by atoms with Gasteiger partial charge in [-0.2, -0.15) is 12.6 Å². The van der Waals surface area contributed by atoms with Gasteiger partial charge in [-0.05, 0) is 22.8 Å². The summed E-state index contributed by atoms with van der Waals surface area (Å²) in [6.45, 7) is 0. The third-order valence-corrected chi connectivity index (χ3v) is 4.02. The van der Waals surface area contributed by atoms with Crippen LogP contribution in [0, 0.1) is 0 Å². The van der Waals surface area contributed by atoms with Crippen LogP contribution >= 0.6 is 12.6 Å². The van der Waals surface area contributed by atoms with E-state index in [2.05, 4.69) is 12.6 Å². The highest BCUT2D eigenvalue weighted by Gasteiger charge is 2.27. The molecule has 3 nitrogen and oxygen atoms in total. The van der Waals surface area contributed by atoms with E-state index in [9.17, 15) is 15.0 Å². The topological polar surface area (TPSA) is 57.5 Å². The zero-order chi connectivity index (χ0) is 14.3. The van der Waals surface area contributed by atoms with Gasteiger partial charge in [0.1, 0.15) is 6.10 Å². The summed E-state index contributed by atoms with van der Waals surface area (Å²) in [5, 5.41) is 19.7. The molecule has 0 bridgehead atoms. The largest absolute Gasteiger partial charge is 0.389 e. The maximum Gasteiger partial charge on any atom is 0.194 e. The standard InChI is InChI=1S/C16H14O3S/c17-14(8-20)15(18)9-5-6-11-10-3-1-2-4-12(10)16(19)13(11)7-9/h1-7,14-15,17-18,20H,8H2. The first-order valence-corrected chi connectivity index (χ1v) is 7.01. The van der Waals surface area contributed by atoms with E-state index in [1.54, 1.807) is 18.2 Å². The van der Waals surface area contributed by atoms with Crippen molar-refractivity contribution in [3.05, 3.63) is 59.2 Å². The van der Waals surface area contributed by atoms with Crippen molar-refractivity contribution in [3.63, 3.8) is 0 Å². The molecule has 0 heterocycles. The highest BCUT2D eigenvalue weighted by molar-refractivity contribution is 7.80. The number of aliphatic hydroxyl groups excluding tert-OH is 2. The van der Waals surface area contributed by atoms with Crippen molar-refractivity contribution in [2.45, 2.75) is 12.2 Å². The second-order valence-corrected chi connectivity index (χ2v) is 5.24. The first kappa shape index (κ1) is 13.4. The molecule has 3 rings (SSSR count). The second-order valence-electron chi connectivity index (χ2n) is 4.87. The molecule has 1 aliphatic carbocycles. The molecule has 0 fully saturated rings. The summed E-state index contributed by atoms with van der Waals surface area (Å²) >= 11 is 3.97. The van der Waals surface area contributed by atoms with Crippen molar-refractivity contribution in [1.29, 1.82) is 0 Å². The highest BCUT2D eigenvalue weighted by Crippen LogP contribution is 2.37. The lowest BCUT2D eigenvalue weighted by molar-refractivity contribution is 0.0337. The lowest BCUT2D eigenvalue weighted by Gasteiger charge is -2.16. The minimum absolute atomic E-state index is 0.0370. The number of carbonyl (C=O) groups excluding carboxylic acids is 1. The summed E-state index contributed by atoms with van der Waals surface area (Å²) in [6, 6.07) is 12.7. The third-order valence-electron chi connectivity index (χ3n) is 3.64. The van der Waals surface area contributed by atoms with E-state index in [1.807, 2.05) is 24.3 Å². The zero-order valence-electron chi connectivity index (χ0n) is 10.7. The van der Waals surface area contributed by atoms with Crippen LogP contribution in [0.2, 0.25) is 0 Å². The van der Waals surface area contributed by atoms with E-state index in [-0.39, 0.29) is 11.5 Å². The molecule has 20 heavy (non-hydrogen) atoms. The van der Waals surface area contributed by atoms with E-state index in [1.165, 1.54) is 0 Å². The number of aliphatic hydroxyl groups is 2. The van der Waals surface area contributed by atoms with Crippen molar-refractivity contribution < 1.29 is 15.0 Å². The average molecular weight is 286 g/mol. The monoisotopic (exact) mass is 286 g/mol. The SMILES string of the molecule is O=C1c2ccccc2-c2ccc(C(O)C(O)CS)cc21. The van der Waals surface area contributed by atoms with Crippen LogP contribution in [0.4, 0.5) is 0 Å². The molecule has 0 radical (unpaired) electrons. The van der Waals surface area contributed by atoms with Crippen LogP contribution in [0.3, 0.4) is 0 Å². The van der Waals surface area contributed by atoms with E-state index < -0.39 is 12.2 Å². The Morgan fingerprint density at radius 3 is 2.30 bits per heavy atom. The number of rotatable bonds is 3. The second kappa shape index (κ2) is 5.05. The predicted octanol–water partition coefficient (Wildman–Crippen LogP) is 2.22. The Hall–Kier alpha value is -1.62. The normalized spacial score (nSPS) is 15.7. The average Bonchev–Trinajstić information content (AvgIpc) is 2.79. The Morgan fingerprint density at radius 1 is 0.950 bits per heavy atom. The fourth-order valence-corrected chi connectivity index (χ4v) is 2.75. The molecule has 4 heteroatoms. The van der Waals surface area contributed by atoms with Gasteiger partial charge in [-0.1, -0.05) is 36.4 Å². The van der Waals surface area contributed by atoms with Crippen LogP contribution in [0.5, 0.6) is 0 Å². The molecule has 2 N–H and O–H groups in total.